The lowest BCUT2D eigenvalue weighted by Gasteiger charge is -2.25. The molecule has 1 saturated carbocycles. The molecule has 2 rings (SSSR count). The molecule has 2 aliphatic rings. The Morgan fingerprint density at radius 2 is 1.26 bits per heavy atom. The third-order valence-corrected chi connectivity index (χ3v) is 5.43. The van der Waals surface area contributed by atoms with Crippen molar-refractivity contribution in [3.05, 3.63) is 12.2 Å². The Bertz CT molecular complexity index is 426. The molecule has 4 heteroatoms. The summed E-state index contributed by atoms with van der Waals surface area (Å²) in [6.07, 6.45) is 7.86. The molecule has 0 amide bonds. The van der Waals surface area contributed by atoms with E-state index in [9.17, 15) is 9.59 Å². The molecular weight excluding hydrogens is 292 g/mol. The van der Waals surface area contributed by atoms with Gasteiger partial charge >= 0.3 is 11.9 Å². The van der Waals surface area contributed by atoms with Gasteiger partial charge in [0.1, 0.15) is 0 Å². The van der Waals surface area contributed by atoms with E-state index in [1.807, 2.05) is 0 Å². The number of carbonyl (C=O) groups excluding carboxylic acids is 2. The monoisotopic (exact) mass is 322 g/mol. The number of hydrogen-bond acceptors (Lipinski definition) is 4. The van der Waals surface area contributed by atoms with Gasteiger partial charge in [0, 0.05) is 0 Å². The number of allylic oxidation sites excluding steroid dienone is 2. The smallest absolute Gasteiger partial charge is 0.310 e. The minimum atomic E-state index is -0.397. The largest absolute Gasteiger partial charge is 0.465 e. The van der Waals surface area contributed by atoms with E-state index in [2.05, 4.69) is 39.8 Å². The van der Waals surface area contributed by atoms with Crippen molar-refractivity contribution < 1.29 is 19.1 Å². The first kappa shape index (κ1) is 18.0. The predicted molar refractivity (Wildman–Crippen MR) is 88.6 cm³/mol. The summed E-state index contributed by atoms with van der Waals surface area (Å²) in [5.74, 6) is -1.14. The molecule has 0 aromatic rings. The average molecular weight is 322 g/mol. The molecule has 1 fully saturated rings. The lowest BCUT2D eigenvalue weighted by Crippen LogP contribution is -2.35. The number of fused-ring (bicyclic) bond motifs is 2. The molecule has 0 saturated heterocycles. The van der Waals surface area contributed by atoms with E-state index < -0.39 is 11.8 Å². The summed E-state index contributed by atoms with van der Waals surface area (Å²) in [4.78, 5) is 25.2. The van der Waals surface area contributed by atoms with Gasteiger partial charge in [-0.3, -0.25) is 9.59 Å². The van der Waals surface area contributed by atoms with Crippen LogP contribution in [0.2, 0.25) is 0 Å². The molecule has 23 heavy (non-hydrogen) atoms. The maximum Gasteiger partial charge on any atom is 0.310 e. The van der Waals surface area contributed by atoms with Crippen LogP contribution in [0.1, 0.15) is 53.4 Å². The molecule has 4 atom stereocenters. The average Bonchev–Trinajstić information content (AvgIpc) is 2.93. The number of carbonyl (C=O) groups is 2. The Morgan fingerprint density at radius 3 is 1.61 bits per heavy atom. The van der Waals surface area contributed by atoms with Crippen LogP contribution in [0, 0.1) is 29.1 Å². The van der Waals surface area contributed by atoms with Gasteiger partial charge in [0.15, 0.2) is 0 Å². The maximum atomic E-state index is 12.6. The van der Waals surface area contributed by atoms with Crippen LogP contribution < -0.4 is 0 Å². The van der Waals surface area contributed by atoms with Crippen molar-refractivity contribution in [2.24, 2.45) is 29.1 Å². The molecule has 4 unspecified atom stereocenters. The first-order chi connectivity index (χ1) is 10.9. The molecule has 4 nitrogen and oxygen atoms in total. The van der Waals surface area contributed by atoms with Crippen molar-refractivity contribution in [1.82, 2.24) is 0 Å². The molecule has 0 aromatic carbocycles. The van der Waals surface area contributed by atoms with Crippen LogP contribution in [0.3, 0.4) is 0 Å². The van der Waals surface area contributed by atoms with Crippen molar-refractivity contribution in [1.29, 1.82) is 0 Å². The second-order valence-electron chi connectivity index (χ2n) is 7.35. The van der Waals surface area contributed by atoms with E-state index in [1.165, 1.54) is 0 Å². The van der Waals surface area contributed by atoms with E-state index in [1.54, 1.807) is 0 Å². The van der Waals surface area contributed by atoms with Gasteiger partial charge in [-0.05, 0) is 30.1 Å². The summed E-state index contributed by atoms with van der Waals surface area (Å²) < 4.78 is 10.9. The first-order valence-corrected chi connectivity index (χ1v) is 8.96. The van der Waals surface area contributed by atoms with Crippen molar-refractivity contribution in [3.63, 3.8) is 0 Å². The van der Waals surface area contributed by atoms with Crippen LogP contribution in [0.5, 0.6) is 0 Å². The highest BCUT2D eigenvalue weighted by atomic mass is 16.5. The summed E-state index contributed by atoms with van der Waals surface area (Å²) in [6.45, 7) is 9.26. The molecule has 0 aliphatic heterocycles. The van der Waals surface area contributed by atoms with Crippen LogP contribution in [0.4, 0.5) is 0 Å². The van der Waals surface area contributed by atoms with Crippen LogP contribution in [0.15, 0.2) is 12.2 Å². The molecular formula is C19H30O4. The van der Waals surface area contributed by atoms with E-state index in [0.29, 0.717) is 13.2 Å². The molecule has 0 N–H and O–H groups in total. The lowest BCUT2D eigenvalue weighted by molar-refractivity contribution is -0.161. The summed E-state index contributed by atoms with van der Waals surface area (Å²) in [6, 6.07) is 0. The van der Waals surface area contributed by atoms with Crippen LogP contribution in [-0.2, 0) is 19.1 Å². The van der Waals surface area contributed by atoms with Gasteiger partial charge in [0.25, 0.3) is 0 Å². The Labute approximate surface area is 139 Å². The van der Waals surface area contributed by atoms with Crippen molar-refractivity contribution in [3.8, 4) is 0 Å². The van der Waals surface area contributed by atoms with E-state index in [4.69, 9.17) is 9.47 Å². The topological polar surface area (TPSA) is 52.6 Å². The SMILES string of the molecule is CCCCOC(=O)C1C(C(=O)OCCCC)C2C=CC1C2(C)C. The Kier molecular flexibility index (Phi) is 5.88. The van der Waals surface area contributed by atoms with Gasteiger partial charge in [-0.2, -0.15) is 0 Å². The number of hydrogen-bond donors (Lipinski definition) is 0. The third-order valence-electron chi connectivity index (χ3n) is 5.43. The van der Waals surface area contributed by atoms with Crippen LogP contribution in [-0.4, -0.2) is 25.2 Å². The maximum absolute atomic E-state index is 12.6. The summed E-state index contributed by atoms with van der Waals surface area (Å²) in [5, 5.41) is 0. The molecule has 0 radical (unpaired) electrons. The van der Waals surface area contributed by atoms with E-state index in [-0.39, 0.29) is 29.2 Å². The number of esters is 2. The van der Waals surface area contributed by atoms with Gasteiger partial charge in [-0.25, -0.2) is 0 Å². The quantitative estimate of drug-likeness (QED) is 0.388. The Morgan fingerprint density at radius 1 is 0.870 bits per heavy atom. The highest BCUT2D eigenvalue weighted by Crippen LogP contribution is 2.60. The Hall–Kier alpha value is -1.32. The number of rotatable bonds is 8. The van der Waals surface area contributed by atoms with Gasteiger partial charge in [0.05, 0.1) is 25.0 Å². The summed E-state index contributed by atoms with van der Waals surface area (Å²) in [7, 11) is 0. The van der Waals surface area contributed by atoms with E-state index in [0.717, 1.165) is 25.7 Å². The lowest BCUT2D eigenvalue weighted by atomic mass is 9.79. The molecule has 0 heterocycles. The zero-order chi connectivity index (χ0) is 17.0. The Balaban J connectivity index is 2.11. The molecule has 2 bridgehead atoms. The van der Waals surface area contributed by atoms with Crippen LogP contribution in [0.25, 0.3) is 0 Å². The number of ether oxygens (including phenoxy) is 2. The second kappa shape index (κ2) is 7.50. The minimum absolute atomic E-state index is 0.0605. The van der Waals surface area contributed by atoms with Gasteiger partial charge in [-0.15, -0.1) is 0 Å². The van der Waals surface area contributed by atoms with Crippen molar-refractivity contribution in [2.75, 3.05) is 13.2 Å². The molecule has 130 valence electrons. The minimum Gasteiger partial charge on any atom is -0.465 e. The molecule has 0 spiro atoms. The summed E-state index contributed by atoms with van der Waals surface area (Å²) in [5.41, 5.74) is -0.0944. The zero-order valence-corrected chi connectivity index (χ0v) is 14.8. The number of unbranched alkanes of at least 4 members (excludes halogenated alkanes) is 2. The third kappa shape index (κ3) is 3.46. The normalized spacial score (nSPS) is 30.4. The van der Waals surface area contributed by atoms with Crippen molar-refractivity contribution >= 4 is 11.9 Å². The first-order valence-electron chi connectivity index (χ1n) is 8.96. The van der Waals surface area contributed by atoms with E-state index >= 15 is 0 Å². The predicted octanol–water partition coefficient (Wildman–Crippen LogP) is 3.75. The molecule has 0 aromatic heterocycles. The zero-order valence-electron chi connectivity index (χ0n) is 14.8. The van der Waals surface area contributed by atoms with Gasteiger partial charge in [-0.1, -0.05) is 52.7 Å². The fraction of sp³-hybridized carbons (Fsp3) is 0.789. The second-order valence-corrected chi connectivity index (χ2v) is 7.35. The highest BCUT2D eigenvalue weighted by molar-refractivity contribution is 5.85. The fourth-order valence-electron chi connectivity index (χ4n) is 3.98. The standard InChI is InChI=1S/C19H30O4/c1-5-7-11-22-17(20)15-13-9-10-14(19(13,3)4)16(15)18(21)23-12-8-6-2/h9-10,13-16H,5-8,11-12H2,1-4H3. The fourth-order valence-corrected chi connectivity index (χ4v) is 3.98. The van der Waals surface area contributed by atoms with Gasteiger partial charge in [0.2, 0.25) is 0 Å². The van der Waals surface area contributed by atoms with Gasteiger partial charge < -0.3 is 9.47 Å². The highest BCUT2D eigenvalue weighted by Gasteiger charge is 2.62. The summed E-state index contributed by atoms with van der Waals surface area (Å²) >= 11 is 0. The van der Waals surface area contributed by atoms with Crippen LogP contribution >= 0.6 is 0 Å². The van der Waals surface area contributed by atoms with Crippen molar-refractivity contribution in [2.45, 2.75) is 53.4 Å². The molecule has 2 aliphatic carbocycles.